The van der Waals surface area contributed by atoms with E-state index in [9.17, 15) is 4.79 Å². The van der Waals surface area contributed by atoms with Crippen molar-refractivity contribution in [2.24, 2.45) is 5.92 Å². The largest absolute Gasteiger partial charge is 0.363 e. The van der Waals surface area contributed by atoms with E-state index in [1.807, 2.05) is 25.1 Å². The molecule has 0 saturated heterocycles. The van der Waals surface area contributed by atoms with E-state index < -0.39 is 0 Å². The van der Waals surface area contributed by atoms with E-state index in [0.717, 1.165) is 31.5 Å². The minimum atomic E-state index is -0.272. The van der Waals surface area contributed by atoms with E-state index >= 15 is 0 Å². The first-order valence-corrected chi connectivity index (χ1v) is 10.7. The highest BCUT2D eigenvalue weighted by molar-refractivity contribution is 6.42. The molecular weight excluding hydrogens is 433 g/mol. The van der Waals surface area contributed by atoms with Crippen molar-refractivity contribution in [2.45, 2.75) is 31.7 Å². The monoisotopic (exact) mass is 455 g/mol. The van der Waals surface area contributed by atoms with E-state index in [-0.39, 0.29) is 21.5 Å². The Morgan fingerprint density at radius 1 is 1.14 bits per heavy atom. The molecule has 1 saturated carbocycles. The van der Waals surface area contributed by atoms with Crippen LogP contribution >= 0.6 is 34.8 Å². The minimum absolute atomic E-state index is 0.257. The fourth-order valence-corrected chi connectivity index (χ4v) is 4.43. The van der Waals surface area contributed by atoms with Crippen molar-refractivity contribution >= 4 is 52.5 Å². The van der Waals surface area contributed by atoms with Crippen LogP contribution in [0.2, 0.25) is 15.1 Å². The maximum atomic E-state index is 12.5. The molecule has 0 spiro atoms. The van der Waals surface area contributed by atoms with Gasteiger partial charge in [-0.25, -0.2) is 4.98 Å². The highest BCUT2D eigenvalue weighted by atomic mass is 35.5. The van der Waals surface area contributed by atoms with Crippen LogP contribution in [0.3, 0.4) is 0 Å². The van der Waals surface area contributed by atoms with Crippen LogP contribution in [0.4, 0.5) is 11.8 Å². The Bertz CT molecular complexity index is 846. The molecule has 3 rings (SSSR count). The molecule has 0 atom stereocenters. The van der Waals surface area contributed by atoms with Crippen LogP contribution in [-0.4, -0.2) is 42.6 Å². The van der Waals surface area contributed by atoms with Crippen molar-refractivity contribution in [3.63, 3.8) is 0 Å². The molecule has 0 bridgehead atoms. The predicted octanol–water partition coefficient (Wildman–Crippen LogP) is 4.90. The fourth-order valence-electron chi connectivity index (χ4n) is 3.45. The molecule has 156 valence electrons. The SMILES string of the molecule is CN(C)c1ccnc(N[C@H]2CC[C@@H](CNC(=O)c3c(Cl)cc(Cl)cc3Cl)CC2)n1. The first-order valence-electron chi connectivity index (χ1n) is 9.53. The molecule has 6 nitrogen and oxygen atoms in total. The standard InChI is InChI=1S/C20H24Cl3N5O/c1-28(2)17-7-8-24-20(27-17)26-14-5-3-12(4-6-14)11-25-19(29)18-15(22)9-13(21)10-16(18)23/h7-10,12,14H,3-6,11H2,1-2H3,(H,25,29)(H,24,26,27)/t12-,14+. The Kier molecular flexibility index (Phi) is 7.44. The number of aromatic nitrogens is 2. The van der Waals surface area contributed by atoms with Crippen LogP contribution in [0.1, 0.15) is 36.0 Å². The smallest absolute Gasteiger partial charge is 0.254 e. The lowest BCUT2D eigenvalue weighted by Gasteiger charge is -2.29. The summed E-state index contributed by atoms with van der Waals surface area (Å²) in [6.45, 7) is 0.591. The quantitative estimate of drug-likeness (QED) is 0.647. The number of hydrogen-bond donors (Lipinski definition) is 2. The molecule has 1 amide bonds. The van der Waals surface area contributed by atoms with Gasteiger partial charge in [0.15, 0.2) is 0 Å². The first-order chi connectivity index (χ1) is 13.8. The lowest BCUT2D eigenvalue weighted by Crippen LogP contribution is -2.34. The van der Waals surface area contributed by atoms with Gasteiger partial charge in [0, 0.05) is 37.9 Å². The van der Waals surface area contributed by atoms with Crippen molar-refractivity contribution in [1.29, 1.82) is 0 Å². The van der Waals surface area contributed by atoms with Crippen LogP contribution < -0.4 is 15.5 Å². The molecule has 1 aromatic carbocycles. The Labute approximate surface area is 186 Å². The second kappa shape index (κ2) is 9.83. The summed E-state index contributed by atoms with van der Waals surface area (Å²) in [6, 6.07) is 5.26. The molecule has 1 fully saturated rings. The molecule has 0 aliphatic heterocycles. The van der Waals surface area contributed by atoms with Gasteiger partial charge in [-0.1, -0.05) is 34.8 Å². The number of rotatable bonds is 6. The fraction of sp³-hybridized carbons (Fsp3) is 0.450. The van der Waals surface area contributed by atoms with Crippen LogP contribution in [0.5, 0.6) is 0 Å². The summed E-state index contributed by atoms with van der Waals surface area (Å²) in [6.07, 6.45) is 5.77. The second-order valence-electron chi connectivity index (χ2n) is 7.45. The van der Waals surface area contributed by atoms with E-state index in [1.54, 1.807) is 6.20 Å². The van der Waals surface area contributed by atoms with Gasteiger partial charge in [-0.15, -0.1) is 0 Å². The molecule has 29 heavy (non-hydrogen) atoms. The molecule has 9 heteroatoms. The third kappa shape index (κ3) is 5.87. The van der Waals surface area contributed by atoms with Crippen LogP contribution in [0.15, 0.2) is 24.4 Å². The molecule has 1 aromatic heterocycles. The first kappa shape index (κ1) is 21.9. The highest BCUT2D eigenvalue weighted by Crippen LogP contribution is 2.30. The van der Waals surface area contributed by atoms with Gasteiger partial charge < -0.3 is 15.5 Å². The summed E-state index contributed by atoms with van der Waals surface area (Å²) in [7, 11) is 3.91. The molecule has 2 N–H and O–H groups in total. The number of anilines is 2. The third-order valence-corrected chi connectivity index (χ3v) is 5.88. The number of nitrogens with one attached hydrogen (secondary N) is 2. The molecule has 1 aliphatic carbocycles. The summed E-state index contributed by atoms with van der Waals surface area (Å²) in [5.41, 5.74) is 0.269. The number of carbonyl (C=O) groups is 1. The van der Waals surface area contributed by atoms with Crippen molar-refractivity contribution in [1.82, 2.24) is 15.3 Å². The van der Waals surface area contributed by atoms with Crippen molar-refractivity contribution in [3.05, 3.63) is 45.0 Å². The number of amides is 1. The molecule has 1 aliphatic rings. The van der Waals surface area contributed by atoms with Crippen molar-refractivity contribution in [3.8, 4) is 0 Å². The molecule has 1 heterocycles. The maximum absolute atomic E-state index is 12.5. The molecule has 0 radical (unpaired) electrons. The van der Waals surface area contributed by atoms with Gasteiger partial charge in [-0.3, -0.25) is 4.79 Å². The lowest BCUT2D eigenvalue weighted by molar-refractivity contribution is 0.0943. The minimum Gasteiger partial charge on any atom is -0.363 e. The highest BCUT2D eigenvalue weighted by Gasteiger charge is 2.23. The number of halogens is 3. The Morgan fingerprint density at radius 2 is 1.79 bits per heavy atom. The van der Waals surface area contributed by atoms with Crippen molar-refractivity contribution < 1.29 is 4.79 Å². The zero-order chi connectivity index (χ0) is 21.0. The van der Waals surface area contributed by atoms with Gasteiger partial charge in [-0.05, 0) is 49.8 Å². The van der Waals surface area contributed by atoms with E-state index in [1.165, 1.54) is 12.1 Å². The molecule has 0 unspecified atom stereocenters. The molecular formula is C20H24Cl3N5O. The number of benzene rings is 1. The Hall–Kier alpha value is -1.76. The van der Waals surface area contributed by atoms with Crippen LogP contribution in [-0.2, 0) is 0 Å². The molecule has 2 aromatic rings. The summed E-state index contributed by atoms with van der Waals surface area (Å²) >= 11 is 18.2. The summed E-state index contributed by atoms with van der Waals surface area (Å²) in [4.78, 5) is 23.3. The number of carbonyl (C=O) groups excluding carboxylic acids is 1. The van der Waals surface area contributed by atoms with Gasteiger partial charge >= 0.3 is 0 Å². The average molecular weight is 457 g/mol. The maximum Gasteiger partial charge on any atom is 0.254 e. The second-order valence-corrected chi connectivity index (χ2v) is 8.70. The summed E-state index contributed by atoms with van der Waals surface area (Å²) in [5, 5.41) is 7.30. The Morgan fingerprint density at radius 3 is 2.41 bits per heavy atom. The van der Waals surface area contributed by atoms with Gasteiger partial charge in [0.05, 0.1) is 15.6 Å². The number of nitrogens with zero attached hydrogens (tertiary/aromatic N) is 3. The van der Waals surface area contributed by atoms with Crippen LogP contribution in [0, 0.1) is 5.92 Å². The normalized spacial score (nSPS) is 18.9. The van der Waals surface area contributed by atoms with Gasteiger partial charge in [0.25, 0.3) is 5.91 Å². The van der Waals surface area contributed by atoms with Crippen molar-refractivity contribution in [2.75, 3.05) is 30.9 Å². The van der Waals surface area contributed by atoms with Gasteiger partial charge in [0.1, 0.15) is 5.82 Å². The zero-order valence-corrected chi connectivity index (χ0v) is 18.7. The third-order valence-electron chi connectivity index (χ3n) is 5.06. The zero-order valence-electron chi connectivity index (χ0n) is 16.4. The summed E-state index contributed by atoms with van der Waals surface area (Å²) in [5.74, 6) is 1.67. The Balaban J connectivity index is 1.48. The van der Waals surface area contributed by atoms with E-state index in [2.05, 4.69) is 20.6 Å². The van der Waals surface area contributed by atoms with E-state index in [4.69, 9.17) is 34.8 Å². The van der Waals surface area contributed by atoms with Gasteiger partial charge in [-0.2, -0.15) is 4.98 Å². The average Bonchev–Trinajstić information content (AvgIpc) is 2.67. The summed E-state index contributed by atoms with van der Waals surface area (Å²) < 4.78 is 0. The number of hydrogen-bond acceptors (Lipinski definition) is 5. The van der Waals surface area contributed by atoms with E-state index in [0.29, 0.717) is 29.5 Å². The van der Waals surface area contributed by atoms with Crippen LogP contribution in [0.25, 0.3) is 0 Å². The van der Waals surface area contributed by atoms with Gasteiger partial charge in [0.2, 0.25) is 5.95 Å². The predicted molar refractivity (Wildman–Crippen MR) is 120 cm³/mol. The lowest BCUT2D eigenvalue weighted by atomic mass is 9.86. The topological polar surface area (TPSA) is 70.2 Å².